The van der Waals surface area contributed by atoms with Gasteiger partial charge in [0.05, 0.1) is 17.3 Å². The van der Waals surface area contributed by atoms with E-state index in [4.69, 9.17) is 0 Å². The molecule has 0 spiro atoms. The van der Waals surface area contributed by atoms with E-state index in [-0.39, 0.29) is 11.9 Å². The Balaban J connectivity index is 1.45. The van der Waals surface area contributed by atoms with Crippen molar-refractivity contribution in [3.05, 3.63) is 89.7 Å². The zero-order valence-corrected chi connectivity index (χ0v) is 18.2. The molecule has 0 radical (unpaired) electrons. The molecule has 1 aromatic heterocycles. The summed E-state index contributed by atoms with van der Waals surface area (Å²) in [7, 11) is 0. The number of amides is 1. The quantitative estimate of drug-likeness (QED) is 0.465. The molecule has 1 amide bonds. The number of benzene rings is 2. The van der Waals surface area contributed by atoms with Gasteiger partial charge in [-0.25, -0.2) is 0 Å². The van der Waals surface area contributed by atoms with Gasteiger partial charge in [0.25, 0.3) is 5.91 Å². The topological polar surface area (TPSA) is 25.2 Å². The largest absolute Gasteiger partial charge is 0.331 e. The summed E-state index contributed by atoms with van der Waals surface area (Å²) in [5.74, 6) is 0.986. The molecule has 3 nitrogen and oxygen atoms in total. The molecule has 0 bridgehead atoms. The zero-order chi connectivity index (χ0) is 21.0. The number of hydrogen-bond donors (Lipinski definition) is 0. The van der Waals surface area contributed by atoms with Crippen LogP contribution in [0.2, 0.25) is 0 Å². The first-order chi connectivity index (χ1) is 15.3. The Bertz CT molecular complexity index is 1020. The number of rotatable bonds is 5. The fourth-order valence-corrected chi connectivity index (χ4v) is 5.60. The van der Waals surface area contributed by atoms with Gasteiger partial charge in [0.2, 0.25) is 0 Å². The first-order valence-corrected chi connectivity index (χ1v) is 11.9. The molecule has 1 fully saturated rings. The summed E-state index contributed by atoms with van der Waals surface area (Å²) in [4.78, 5) is 16.1. The number of aromatic nitrogens is 1. The maximum atomic E-state index is 13.9. The molecule has 3 aromatic rings. The standard InChI is InChI=1S/C28H32N2O/c31-28(25-14-6-7-15-26(25)29-19-8-9-20-29)30-21-18-23-12-4-5-13-24(23)27(30)17-16-22-10-2-1-3-11-22/h4-9,12-15,19-20,22,27H,1-3,10-11,16-18,21H2. The van der Waals surface area contributed by atoms with Crippen LogP contribution in [-0.2, 0) is 6.42 Å². The molecule has 2 aromatic carbocycles. The van der Waals surface area contributed by atoms with Gasteiger partial charge in [-0.05, 0) is 60.6 Å². The number of carbonyl (C=O) groups excluding carboxylic acids is 1. The molecule has 1 atom stereocenters. The molecule has 2 heterocycles. The predicted octanol–water partition coefficient (Wildman–Crippen LogP) is 6.58. The van der Waals surface area contributed by atoms with E-state index in [2.05, 4.69) is 29.2 Å². The van der Waals surface area contributed by atoms with Crippen molar-refractivity contribution in [1.29, 1.82) is 0 Å². The van der Waals surface area contributed by atoms with Crippen LogP contribution in [0.5, 0.6) is 0 Å². The van der Waals surface area contributed by atoms with Gasteiger partial charge in [0.1, 0.15) is 0 Å². The van der Waals surface area contributed by atoms with Gasteiger partial charge in [-0.2, -0.15) is 0 Å². The summed E-state index contributed by atoms with van der Waals surface area (Å²) >= 11 is 0. The number of carbonyl (C=O) groups is 1. The Morgan fingerprint density at radius 2 is 1.58 bits per heavy atom. The Morgan fingerprint density at radius 3 is 2.42 bits per heavy atom. The van der Waals surface area contributed by atoms with Crippen LogP contribution < -0.4 is 0 Å². The van der Waals surface area contributed by atoms with Gasteiger partial charge in [-0.3, -0.25) is 4.79 Å². The van der Waals surface area contributed by atoms with E-state index in [9.17, 15) is 4.79 Å². The average Bonchev–Trinajstić information content (AvgIpc) is 3.37. The van der Waals surface area contributed by atoms with E-state index in [0.717, 1.165) is 36.6 Å². The normalized spacial score (nSPS) is 19.2. The second kappa shape index (κ2) is 9.13. The van der Waals surface area contributed by atoms with Crippen LogP contribution in [0.3, 0.4) is 0 Å². The highest BCUT2D eigenvalue weighted by Gasteiger charge is 2.32. The second-order valence-electron chi connectivity index (χ2n) is 9.15. The molecular formula is C28H32N2O. The maximum Gasteiger partial charge on any atom is 0.256 e. The summed E-state index contributed by atoms with van der Waals surface area (Å²) in [6.45, 7) is 0.797. The summed E-state index contributed by atoms with van der Waals surface area (Å²) < 4.78 is 2.04. The molecule has 0 N–H and O–H groups in total. The highest BCUT2D eigenvalue weighted by Crippen LogP contribution is 2.37. The number of para-hydroxylation sites is 1. The van der Waals surface area contributed by atoms with Crippen LogP contribution in [0, 0.1) is 5.92 Å². The minimum absolute atomic E-state index is 0.160. The minimum Gasteiger partial charge on any atom is -0.331 e. The number of fused-ring (bicyclic) bond motifs is 1. The van der Waals surface area contributed by atoms with E-state index < -0.39 is 0 Å². The second-order valence-corrected chi connectivity index (χ2v) is 9.15. The lowest BCUT2D eigenvalue weighted by Crippen LogP contribution is -2.40. The van der Waals surface area contributed by atoms with Crippen LogP contribution in [0.25, 0.3) is 5.69 Å². The summed E-state index contributed by atoms with van der Waals surface area (Å²) in [5.41, 5.74) is 4.53. The summed E-state index contributed by atoms with van der Waals surface area (Å²) in [6, 6.07) is 21.0. The summed E-state index contributed by atoms with van der Waals surface area (Å²) in [6.07, 6.45) is 14.1. The van der Waals surface area contributed by atoms with E-state index in [0.29, 0.717) is 0 Å². The third-order valence-corrected chi connectivity index (χ3v) is 7.26. The van der Waals surface area contributed by atoms with Crippen LogP contribution in [-0.4, -0.2) is 21.9 Å². The summed E-state index contributed by atoms with van der Waals surface area (Å²) in [5, 5.41) is 0. The lowest BCUT2D eigenvalue weighted by Gasteiger charge is -2.39. The van der Waals surface area contributed by atoms with Crippen LogP contribution in [0.1, 0.15) is 72.5 Å². The molecule has 2 aliphatic rings. The van der Waals surface area contributed by atoms with Crippen molar-refractivity contribution in [2.24, 2.45) is 5.92 Å². The Labute approximate surface area is 185 Å². The van der Waals surface area contributed by atoms with Crippen molar-refractivity contribution in [1.82, 2.24) is 9.47 Å². The molecule has 1 aliphatic carbocycles. The van der Waals surface area contributed by atoms with Crippen LogP contribution >= 0.6 is 0 Å². The fraction of sp³-hybridized carbons (Fsp3) is 0.393. The van der Waals surface area contributed by atoms with Crippen LogP contribution in [0.4, 0.5) is 0 Å². The van der Waals surface area contributed by atoms with Crippen molar-refractivity contribution < 1.29 is 4.79 Å². The van der Waals surface area contributed by atoms with E-state index in [1.807, 2.05) is 53.4 Å². The van der Waals surface area contributed by atoms with Crippen molar-refractivity contribution in [3.63, 3.8) is 0 Å². The average molecular weight is 413 g/mol. The number of hydrogen-bond acceptors (Lipinski definition) is 1. The monoisotopic (exact) mass is 412 g/mol. The van der Waals surface area contributed by atoms with Gasteiger partial charge >= 0.3 is 0 Å². The van der Waals surface area contributed by atoms with Crippen molar-refractivity contribution in [2.75, 3.05) is 6.54 Å². The van der Waals surface area contributed by atoms with Gasteiger partial charge in [0.15, 0.2) is 0 Å². The Hall–Kier alpha value is -2.81. The van der Waals surface area contributed by atoms with Crippen LogP contribution in [0.15, 0.2) is 73.1 Å². The molecule has 0 saturated heterocycles. The molecule has 3 heteroatoms. The molecule has 1 aliphatic heterocycles. The molecular weight excluding hydrogens is 380 g/mol. The third-order valence-electron chi connectivity index (χ3n) is 7.26. The highest BCUT2D eigenvalue weighted by atomic mass is 16.2. The van der Waals surface area contributed by atoms with E-state index in [1.165, 1.54) is 49.7 Å². The molecule has 5 rings (SSSR count). The van der Waals surface area contributed by atoms with Gasteiger partial charge < -0.3 is 9.47 Å². The smallest absolute Gasteiger partial charge is 0.256 e. The van der Waals surface area contributed by atoms with E-state index in [1.54, 1.807) is 0 Å². The van der Waals surface area contributed by atoms with E-state index >= 15 is 0 Å². The Kier molecular flexibility index (Phi) is 5.93. The third kappa shape index (κ3) is 4.19. The maximum absolute atomic E-state index is 13.9. The SMILES string of the molecule is O=C(c1ccccc1-n1cccc1)N1CCc2ccccc2C1CCC1CCCCC1. The number of nitrogens with zero attached hydrogens (tertiary/aromatic N) is 2. The first kappa shape index (κ1) is 20.1. The first-order valence-electron chi connectivity index (χ1n) is 11.9. The minimum atomic E-state index is 0.160. The highest BCUT2D eigenvalue weighted by molar-refractivity contribution is 5.98. The Morgan fingerprint density at radius 1 is 0.839 bits per heavy atom. The lowest BCUT2D eigenvalue weighted by molar-refractivity contribution is 0.0640. The van der Waals surface area contributed by atoms with Gasteiger partial charge in [0, 0.05) is 18.9 Å². The zero-order valence-electron chi connectivity index (χ0n) is 18.2. The molecule has 1 unspecified atom stereocenters. The predicted molar refractivity (Wildman–Crippen MR) is 126 cm³/mol. The molecule has 160 valence electrons. The molecule has 1 saturated carbocycles. The lowest BCUT2D eigenvalue weighted by atomic mass is 9.82. The van der Waals surface area contributed by atoms with Crippen molar-refractivity contribution >= 4 is 5.91 Å². The van der Waals surface area contributed by atoms with Gasteiger partial charge in [-0.1, -0.05) is 68.5 Å². The molecule has 31 heavy (non-hydrogen) atoms. The van der Waals surface area contributed by atoms with Gasteiger partial charge in [-0.15, -0.1) is 0 Å². The van der Waals surface area contributed by atoms with Crippen molar-refractivity contribution in [3.8, 4) is 5.69 Å². The fourth-order valence-electron chi connectivity index (χ4n) is 5.60. The van der Waals surface area contributed by atoms with Crippen molar-refractivity contribution in [2.45, 2.75) is 57.4 Å².